The Kier molecular flexibility index (Phi) is 5.32. The first-order chi connectivity index (χ1) is 11.2. The molecule has 0 saturated heterocycles. The third-order valence-electron chi connectivity index (χ3n) is 2.91. The van der Waals surface area contributed by atoms with E-state index >= 15 is 0 Å². The van der Waals surface area contributed by atoms with Crippen molar-refractivity contribution < 1.29 is 4.79 Å². The smallest absolute Gasteiger partial charge is 0.246 e. The largest absolute Gasteiger partial charge is 0.273 e. The third-order valence-corrected chi connectivity index (χ3v) is 5.32. The second kappa shape index (κ2) is 7.63. The minimum absolute atomic E-state index is 0.175. The van der Waals surface area contributed by atoms with E-state index < -0.39 is 0 Å². The van der Waals surface area contributed by atoms with E-state index in [0.717, 1.165) is 24.9 Å². The fourth-order valence-electron chi connectivity index (χ4n) is 1.88. The summed E-state index contributed by atoms with van der Waals surface area (Å²) in [5, 5.41) is 6.69. The average Bonchev–Trinajstić information content (AvgIpc) is 3.17. The Morgan fingerprint density at radius 3 is 2.83 bits per heavy atom. The van der Waals surface area contributed by atoms with Crippen LogP contribution in [-0.4, -0.2) is 17.1 Å². The minimum Gasteiger partial charge on any atom is -0.273 e. The van der Waals surface area contributed by atoms with Crippen molar-refractivity contribution in [3.05, 3.63) is 61.5 Å². The first-order valence-electron chi connectivity index (χ1n) is 6.78. The van der Waals surface area contributed by atoms with Gasteiger partial charge in [-0.2, -0.15) is 5.10 Å². The molecule has 3 rings (SSSR count). The molecule has 4 nitrogen and oxygen atoms in total. The molecule has 23 heavy (non-hydrogen) atoms. The number of carbonyl (C=O) groups is 1. The van der Waals surface area contributed by atoms with Crippen LogP contribution in [0.15, 0.2) is 56.7 Å². The standard InChI is InChI=1S/C16H12BrN3OS2/c17-14-7-6-12(23-14)9-18-20-15(21)8-16-19-13(10-22-16)11-4-2-1-3-5-11/h1-7,9-10H,8H2,(H,20,21)/b18-9-. The number of benzene rings is 1. The molecule has 0 bridgehead atoms. The van der Waals surface area contributed by atoms with E-state index in [1.165, 1.54) is 11.3 Å². The summed E-state index contributed by atoms with van der Waals surface area (Å²) in [4.78, 5) is 17.4. The molecule has 0 fully saturated rings. The fourth-order valence-corrected chi connectivity index (χ4v) is 3.97. The molecular weight excluding hydrogens is 394 g/mol. The van der Waals surface area contributed by atoms with Gasteiger partial charge in [-0.1, -0.05) is 30.3 Å². The van der Waals surface area contributed by atoms with Gasteiger partial charge in [0.1, 0.15) is 5.01 Å². The van der Waals surface area contributed by atoms with Crippen LogP contribution in [0.5, 0.6) is 0 Å². The molecule has 0 spiro atoms. The van der Waals surface area contributed by atoms with Crippen molar-refractivity contribution in [3.8, 4) is 11.3 Å². The maximum atomic E-state index is 11.9. The second-order valence-electron chi connectivity index (χ2n) is 4.60. The maximum absolute atomic E-state index is 11.9. The lowest BCUT2D eigenvalue weighted by atomic mass is 10.2. The summed E-state index contributed by atoms with van der Waals surface area (Å²) < 4.78 is 1.03. The quantitative estimate of drug-likeness (QED) is 0.507. The molecule has 1 amide bonds. The van der Waals surface area contributed by atoms with E-state index in [-0.39, 0.29) is 12.3 Å². The van der Waals surface area contributed by atoms with Crippen molar-refractivity contribution in [2.45, 2.75) is 6.42 Å². The number of nitrogens with one attached hydrogen (secondary N) is 1. The monoisotopic (exact) mass is 405 g/mol. The summed E-state index contributed by atoms with van der Waals surface area (Å²) in [5.41, 5.74) is 4.47. The second-order valence-corrected chi connectivity index (χ2v) is 8.04. The summed E-state index contributed by atoms with van der Waals surface area (Å²) in [6.45, 7) is 0. The Morgan fingerprint density at radius 1 is 1.26 bits per heavy atom. The molecule has 0 atom stereocenters. The van der Waals surface area contributed by atoms with Crippen molar-refractivity contribution in [1.82, 2.24) is 10.4 Å². The zero-order chi connectivity index (χ0) is 16.1. The van der Waals surface area contributed by atoms with Gasteiger partial charge in [0.25, 0.3) is 0 Å². The highest BCUT2D eigenvalue weighted by atomic mass is 79.9. The molecule has 0 saturated carbocycles. The van der Waals surface area contributed by atoms with Crippen LogP contribution in [0, 0.1) is 0 Å². The first kappa shape index (κ1) is 16.0. The number of nitrogens with zero attached hydrogens (tertiary/aromatic N) is 2. The molecule has 0 aliphatic rings. The van der Waals surface area contributed by atoms with Gasteiger partial charge in [-0.15, -0.1) is 22.7 Å². The van der Waals surface area contributed by atoms with E-state index in [1.54, 1.807) is 17.6 Å². The molecular formula is C16H12BrN3OS2. The number of hydrogen-bond donors (Lipinski definition) is 1. The number of aromatic nitrogens is 1. The number of hydrazone groups is 1. The number of rotatable bonds is 5. The molecule has 0 unspecified atom stereocenters. The van der Waals surface area contributed by atoms with Crippen LogP contribution >= 0.6 is 38.6 Å². The van der Waals surface area contributed by atoms with Gasteiger partial charge in [0, 0.05) is 15.8 Å². The normalized spacial score (nSPS) is 11.0. The lowest BCUT2D eigenvalue weighted by molar-refractivity contribution is -0.120. The number of amides is 1. The van der Waals surface area contributed by atoms with Gasteiger partial charge < -0.3 is 0 Å². The molecule has 1 aromatic carbocycles. The minimum atomic E-state index is -0.175. The predicted octanol–water partition coefficient (Wildman–Crippen LogP) is 4.33. The van der Waals surface area contributed by atoms with E-state index in [2.05, 4.69) is 31.4 Å². The molecule has 116 valence electrons. The summed E-state index contributed by atoms with van der Waals surface area (Å²) in [7, 11) is 0. The molecule has 0 aliphatic carbocycles. The van der Waals surface area contributed by atoms with Gasteiger partial charge in [0.05, 0.1) is 22.1 Å². The molecule has 0 radical (unpaired) electrons. The Bertz CT molecular complexity index is 827. The van der Waals surface area contributed by atoms with E-state index in [1.807, 2.05) is 47.8 Å². The topological polar surface area (TPSA) is 54.4 Å². The zero-order valence-electron chi connectivity index (χ0n) is 11.9. The van der Waals surface area contributed by atoms with Crippen molar-refractivity contribution in [1.29, 1.82) is 0 Å². The summed E-state index contributed by atoms with van der Waals surface area (Å²) in [6, 6.07) is 13.8. The lowest BCUT2D eigenvalue weighted by Crippen LogP contribution is -2.19. The summed E-state index contributed by atoms with van der Waals surface area (Å²) >= 11 is 6.41. The average molecular weight is 406 g/mol. The van der Waals surface area contributed by atoms with E-state index in [4.69, 9.17) is 0 Å². The Hall–Kier alpha value is -1.83. The van der Waals surface area contributed by atoms with Gasteiger partial charge >= 0.3 is 0 Å². The van der Waals surface area contributed by atoms with Gasteiger partial charge in [-0.05, 0) is 28.1 Å². The van der Waals surface area contributed by atoms with Gasteiger partial charge in [-0.3, -0.25) is 4.79 Å². The molecule has 0 aliphatic heterocycles. The summed E-state index contributed by atoms with van der Waals surface area (Å²) in [5.74, 6) is -0.175. The van der Waals surface area contributed by atoms with Crippen LogP contribution in [-0.2, 0) is 11.2 Å². The predicted molar refractivity (Wildman–Crippen MR) is 99.0 cm³/mol. The van der Waals surface area contributed by atoms with Crippen LogP contribution in [0.1, 0.15) is 9.88 Å². The van der Waals surface area contributed by atoms with Gasteiger partial charge in [0.15, 0.2) is 0 Å². The van der Waals surface area contributed by atoms with E-state index in [9.17, 15) is 4.79 Å². The number of thiazole rings is 1. The van der Waals surface area contributed by atoms with Crippen LogP contribution < -0.4 is 5.43 Å². The Balaban J connectivity index is 1.56. The molecule has 2 heterocycles. The molecule has 3 aromatic rings. The number of halogens is 1. The van der Waals surface area contributed by atoms with Crippen LogP contribution in [0.3, 0.4) is 0 Å². The highest BCUT2D eigenvalue weighted by molar-refractivity contribution is 9.11. The number of hydrogen-bond acceptors (Lipinski definition) is 5. The van der Waals surface area contributed by atoms with Gasteiger partial charge in [0.2, 0.25) is 5.91 Å². The molecule has 2 aromatic heterocycles. The third kappa shape index (κ3) is 4.57. The van der Waals surface area contributed by atoms with Crippen LogP contribution in [0.25, 0.3) is 11.3 Å². The fraction of sp³-hybridized carbons (Fsp3) is 0.0625. The number of carbonyl (C=O) groups excluding carboxylic acids is 1. The number of thiophene rings is 1. The first-order valence-corrected chi connectivity index (χ1v) is 9.27. The summed E-state index contributed by atoms with van der Waals surface area (Å²) in [6.07, 6.45) is 1.85. The van der Waals surface area contributed by atoms with Gasteiger partial charge in [-0.25, -0.2) is 10.4 Å². The Labute approximate surface area is 150 Å². The van der Waals surface area contributed by atoms with Crippen molar-refractivity contribution >= 4 is 50.7 Å². The van der Waals surface area contributed by atoms with Crippen LogP contribution in [0.4, 0.5) is 0 Å². The van der Waals surface area contributed by atoms with Crippen molar-refractivity contribution in [3.63, 3.8) is 0 Å². The van der Waals surface area contributed by atoms with Crippen LogP contribution in [0.2, 0.25) is 0 Å². The maximum Gasteiger partial charge on any atom is 0.246 e. The molecule has 7 heteroatoms. The van der Waals surface area contributed by atoms with Crippen molar-refractivity contribution in [2.24, 2.45) is 5.10 Å². The highest BCUT2D eigenvalue weighted by Gasteiger charge is 2.08. The SMILES string of the molecule is O=C(Cc1nc(-c2ccccc2)cs1)N/N=C\c1ccc(Br)s1. The van der Waals surface area contributed by atoms with Crippen molar-refractivity contribution in [2.75, 3.05) is 0 Å². The Morgan fingerprint density at radius 2 is 2.09 bits per heavy atom. The van der Waals surface area contributed by atoms with E-state index in [0.29, 0.717) is 0 Å². The molecule has 1 N–H and O–H groups in total. The zero-order valence-corrected chi connectivity index (χ0v) is 15.1. The lowest BCUT2D eigenvalue weighted by Gasteiger charge is -1.96. The highest BCUT2D eigenvalue weighted by Crippen LogP contribution is 2.22.